The predicted octanol–water partition coefficient (Wildman–Crippen LogP) is 4.02. The molecule has 5 aromatic heterocycles. The van der Waals surface area contributed by atoms with Crippen molar-refractivity contribution >= 4 is 34.6 Å². The van der Waals surface area contributed by atoms with Crippen molar-refractivity contribution in [3.05, 3.63) is 74.9 Å². The van der Waals surface area contributed by atoms with Gasteiger partial charge in [-0.15, -0.1) is 0 Å². The number of esters is 2. The Hall–Kier alpha value is -4.23. The Balaban J connectivity index is 1.16. The molecule has 34 heavy (non-hydrogen) atoms. The fraction of sp³-hybridized carbons (Fsp3) is 0.0952. The van der Waals surface area contributed by atoms with Crippen molar-refractivity contribution in [3.8, 4) is 22.9 Å². The van der Waals surface area contributed by atoms with Gasteiger partial charge >= 0.3 is 11.9 Å². The number of aromatic nitrogens is 5. The Morgan fingerprint density at radius 1 is 0.735 bits per heavy atom. The van der Waals surface area contributed by atoms with Gasteiger partial charge in [-0.05, 0) is 35.0 Å². The summed E-state index contributed by atoms with van der Waals surface area (Å²) in [6.45, 7) is -0.430. The van der Waals surface area contributed by atoms with Crippen LogP contribution >= 0.6 is 22.7 Å². The molecule has 0 saturated carbocycles. The van der Waals surface area contributed by atoms with E-state index in [9.17, 15) is 9.59 Å². The van der Waals surface area contributed by atoms with Crippen LogP contribution < -0.4 is 0 Å². The van der Waals surface area contributed by atoms with Crippen molar-refractivity contribution in [2.24, 2.45) is 0 Å². The molecule has 0 radical (unpaired) electrons. The average molecular weight is 495 g/mol. The lowest BCUT2D eigenvalue weighted by atomic mass is 10.3. The van der Waals surface area contributed by atoms with E-state index in [0.29, 0.717) is 11.8 Å². The molecule has 0 aromatic carbocycles. The number of carbonyl (C=O) groups excluding carboxylic acids is 2. The standard InChI is InChI=1S/C21H13N5O6S2/c27-20(29-8-16-23-18(31-25-16)12-4-6-33-10-12)14-2-1-3-15(22-14)21(28)30-9-17-24-19(32-26-17)13-5-7-34-11-13/h1-7,10-11H,8-9H2. The molecule has 0 fully saturated rings. The van der Waals surface area contributed by atoms with Crippen LogP contribution in [0.25, 0.3) is 22.9 Å². The third-order valence-electron chi connectivity index (χ3n) is 4.30. The number of carbonyl (C=O) groups is 2. The van der Waals surface area contributed by atoms with E-state index < -0.39 is 11.9 Å². The smallest absolute Gasteiger partial charge is 0.357 e. The molecule has 13 heteroatoms. The summed E-state index contributed by atoms with van der Waals surface area (Å²) in [7, 11) is 0. The molecule has 5 aromatic rings. The highest BCUT2D eigenvalue weighted by molar-refractivity contribution is 7.08. The second kappa shape index (κ2) is 9.72. The summed E-state index contributed by atoms with van der Waals surface area (Å²) < 4.78 is 20.6. The van der Waals surface area contributed by atoms with Gasteiger partial charge in [-0.3, -0.25) is 0 Å². The Bertz CT molecular complexity index is 1310. The molecule has 0 N–H and O–H groups in total. The molecule has 0 bridgehead atoms. The van der Waals surface area contributed by atoms with Crippen molar-refractivity contribution in [1.82, 2.24) is 25.3 Å². The van der Waals surface area contributed by atoms with Crippen LogP contribution in [0, 0.1) is 0 Å². The Kier molecular flexibility index (Phi) is 6.18. The van der Waals surface area contributed by atoms with Crippen LogP contribution in [0.3, 0.4) is 0 Å². The molecular formula is C21H13N5O6S2. The summed E-state index contributed by atoms with van der Waals surface area (Å²) in [5.74, 6) is -0.442. The second-order valence-corrected chi connectivity index (χ2v) is 8.18. The third-order valence-corrected chi connectivity index (χ3v) is 5.67. The predicted molar refractivity (Wildman–Crippen MR) is 118 cm³/mol. The Labute approximate surface area is 199 Å². The largest absolute Gasteiger partial charge is 0.453 e. The van der Waals surface area contributed by atoms with E-state index in [0.717, 1.165) is 11.1 Å². The lowest BCUT2D eigenvalue weighted by Gasteiger charge is -2.04. The summed E-state index contributed by atoms with van der Waals surface area (Å²) in [5.41, 5.74) is 1.42. The van der Waals surface area contributed by atoms with Gasteiger partial charge in [-0.1, -0.05) is 16.4 Å². The monoisotopic (exact) mass is 495 g/mol. The number of hydrogen-bond acceptors (Lipinski definition) is 13. The van der Waals surface area contributed by atoms with E-state index in [1.807, 2.05) is 33.7 Å². The zero-order valence-electron chi connectivity index (χ0n) is 17.1. The van der Waals surface area contributed by atoms with E-state index in [2.05, 4.69) is 25.3 Å². The summed E-state index contributed by atoms with van der Waals surface area (Å²) in [5, 5.41) is 15.1. The minimum Gasteiger partial charge on any atom is -0.453 e. The summed E-state index contributed by atoms with van der Waals surface area (Å²) in [6.07, 6.45) is 0. The second-order valence-electron chi connectivity index (χ2n) is 6.62. The lowest BCUT2D eigenvalue weighted by Crippen LogP contribution is -2.13. The molecule has 0 amide bonds. The Morgan fingerprint density at radius 3 is 1.68 bits per heavy atom. The van der Waals surface area contributed by atoms with Crippen LogP contribution in [0.2, 0.25) is 0 Å². The van der Waals surface area contributed by atoms with Gasteiger partial charge in [0, 0.05) is 10.8 Å². The maximum Gasteiger partial charge on any atom is 0.357 e. The first kappa shape index (κ1) is 21.6. The first-order valence-electron chi connectivity index (χ1n) is 9.67. The van der Waals surface area contributed by atoms with Crippen LogP contribution in [0.5, 0.6) is 0 Å². The maximum absolute atomic E-state index is 12.4. The van der Waals surface area contributed by atoms with Crippen LogP contribution in [-0.4, -0.2) is 37.2 Å². The highest BCUT2D eigenvalue weighted by Gasteiger charge is 2.18. The maximum atomic E-state index is 12.4. The van der Waals surface area contributed by atoms with E-state index >= 15 is 0 Å². The summed E-state index contributed by atoms with van der Waals surface area (Å²) in [4.78, 5) is 37.1. The highest BCUT2D eigenvalue weighted by atomic mass is 32.1. The van der Waals surface area contributed by atoms with E-state index in [4.69, 9.17) is 18.5 Å². The van der Waals surface area contributed by atoms with Crippen molar-refractivity contribution in [2.45, 2.75) is 13.2 Å². The molecule has 0 aliphatic rings. The molecule has 11 nitrogen and oxygen atoms in total. The molecule has 0 spiro atoms. The first-order valence-corrected chi connectivity index (χ1v) is 11.6. The number of pyridine rings is 1. The van der Waals surface area contributed by atoms with Crippen molar-refractivity contribution in [2.75, 3.05) is 0 Å². The number of ether oxygens (including phenoxy) is 2. The lowest BCUT2D eigenvalue weighted by molar-refractivity contribution is 0.0443. The van der Waals surface area contributed by atoms with E-state index in [1.165, 1.54) is 40.9 Å². The molecule has 0 unspecified atom stereocenters. The third kappa shape index (κ3) is 4.89. The Morgan fingerprint density at radius 2 is 1.24 bits per heavy atom. The number of thiophene rings is 2. The zero-order chi connectivity index (χ0) is 23.3. The molecule has 0 aliphatic carbocycles. The minimum atomic E-state index is -0.755. The summed E-state index contributed by atoms with van der Waals surface area (Å²) >= 11 is 2.99. The van der Waals surface area contributed by atoms with Crippen LogP contribution in [0.4, 0.5) is 0 Å². The number of hydrogen-bond donors (Lipinski definition) is 0. The van der Waals surface area contributed by atoms with Crippen molar-refractivity contribution in [3.63, 3.8) is 0 Å². The number of nitrogens with zero attached hydrogens (tertiary/aromatic N) is 5. The van der Waals surface area contributed by atoms with Crippen LogP contribution in [-0.2, 0) is 22.7 Å². The molecule has 5 rings (SSSR count). The fourth-order valence-electron chi connectivity index (χ4n) is 2.70. The zero-order valence-corrected chi connectivity index (χ0v) is 18.7. The van der Waals surface area contributed by atoms with Crippen molar-refractivity contribution in [1.29, 1.82) is 0 Å². The minimum absolute atomic E-state index is 0.0738. The topological polar surface area (TPSA) is 143 Å². The van der Waals surface area contributed by atoms with Gasteiger partial charge in [-0.2, -0.15) is 32.6 Å². The molecule has 5 heterocycles. The quantitative estimate of drug-likeness (QED) is 0.288. The van der Waals surface area contributed by atoms with Gasteiger partial charge < -0.3 is 18.5 Å². The molecule has 170 valence electrons. The SMILES string of the molecule is O=C(OCc1noc(-c2ccsc2)n1)c1cccc(C(=O)OCc2noc(-c3ccsc3)n2)n1. The van der Waals surface area contributed by atoms with Gasteiger partial charge in [0.05, 0.1) is 11.1 Å². The van der Waals surface area contributed by atoms with Crippen molar-refractivity contribution < 1.29 is 28.1 Å². The van der Waals surface area contributed by atoms with Gasteiger partial charge in [0.2, 0.25) is 11.6 Å². The molecule has 0 aliphatic heterocycles. The van der Waals surface area contributed by atoms with Gasteiger partial charge in [0.25, 0.3) is 11.8 Å². The summed E-state index contributed by atoms with van der Waals surface area (Å²) in [6, 6.07) is 8.00. The number of rotatable bonds is 8. The molecule has 0 atom stereocenters. The van der Waals surface area contributed by atoms with E-state index in [1.54, 1.807) is 0 Å². The average Bonchev–Trinajstić information content (AvgIpc) is 3.67. The van der Waals surface area contributed by atoms with E-state index in [-0.39, 0.29) is 36.3 Å². The van der Waals surface area contributed by atoms with Gasteiger partial charge in [0.15, 0.2) is 13.2 Å². The highest BCUT2D eigenvalue weighted by Crippen LogP contribution is 2.21. The fourth-order valence-corrected chi connectivity index (χ4v) is 3.96. The van der Waals surface area contributed by atoms with Crippen LogP contribution in [0.1, 0.15) is 32.6 Å². The molecular weight excluding hydrogens is 482 g/mol. The van der Waals surface area contributed by atoms with Gasteiger partial charge in [-0.25, -0.2) is 14.6 Å². The first-order chi connectivity index (χ1) is 16.7. The molecule has 0 saturated heterocycles. The van der Waals surface area contributed by atoms with Crippen LogP contribution in [0.15, 0.2) is 60.9 Å². The normalized spacial score (nSPS) is 10.8. The van der Waals surface area contributed by atoms with Gasteiger partial charge in [0.1, 0.15) is 11.4 Å².